The van der Waals surface area contributed by atoms with Gasteiger partial charge >= 0.3 is 0 Å². The fourth-order valence-corrected chi connectivity index (χ4v) is 3.57. The third kappa shape index (κ3) is 3.69. The Morgan fingerprint density at radius 2 is 1.67 bits per heavy atom. The highest BCUT2D eigenvalue weighted by Crippen LogP contribution is 2.21. The predicted molar refractivity (Wildman–Crippen MR) is 104 cm³/mol. The topological polar surface area (TPSA) is 75.5 Å². The van der Waals surface area contributed by atoms with Crippen LogP contribution in [-0.4, -0.2) is 27.2 Å². The van der Waals surface area contributed by atoms with Crippen molar-refractivity contribution in [1.29, 1.82) is 0 Å². The average molecular weight is 362 g/mol. The first-order valence-corrected chi connectivity index (χ1v) is 9.37. The smallest absolute Gasteiger partial charge is 0.272 e. The van der Waals surface area contributed by atoms with Gasteiger partial charge in [0.05, 0.1) is 0 Å². The predicted octanol–water partition coefficient (Wildman–Crippen LogP) is 3.65. The number of nitrogens with zero attached hydrogens (tertiary/aromatic N) is 2. The van der Waals surface area contributed by atoms with E-state index in [0.29, 0.717) is 16.9 Å². The number of carbonyl (C=O) groups is 2. The molecule has 0 unspecified atom stereocenters. The zero-order chi connectivity index (χ0) is 18.6. The number of benzene rings is 1. The SMILES string of the molecule is O=C(Nc1nc2ccccn2c1C(=O)NC1CCCCC1)c1ccccc1. The van der Waals surface area contributed by atoms with Gasteiger partial charge in [-0.15, -0.1) is 0 Å². The maximum absolute atomic E-state index is 13.0. The lowest BCUT2D eigenvalue weighted by Crippen LogP contribution is -2.37. The Morgan fingerprint density at radius 3 is 2.44 bits per heavy atom. The van der Waals surface area contributed by atoms with Gasteiger partial charge in [-0.3, -0.25) is 14.0 Å². The lowest BCUT2D eigenvalue weighted by Gasteiger charge is -2.22. The first-order valence-electron chi connectivity index (χ1n) is 9.37. The van der Waals surface area contributed by atoms with Crippen molar-refractivity contribution in [2.45, 2.75) is 38.1 Å². The first kappa shape index (κ1) is 17.3. The summed E-state index contributed by atoms with van der Waals surface area (Å²) in [6.45, 7) is 0. The number of anilines is 1. The summed E-state index contributed by atoms with van der Waals surface area (Å²) in [5, 5.41) is 5.92. The highest BCUT2D eigenvalue weighted by Gasteiger charge is 2.24. The molecule has 0 atom stereocenters. The van der Waals surface area contributed by atoms with Gasteiger partial charge in [0, 0.05) is 17.8 Å². The molecule has 1 fully saturated rings. The van der Waals surface area contributed by atoms with Crippen molar-refractivity contribution in [1.82, 2.24) is 14.7 Å². The van der Waals surface area contributed by atoms with Crippen LogP contribution in [0.3, 0.4) is 0 Å². The number of hydrogen-bond acceptors (Lipinski definition) is 3. The molecule has 138 valence electrons. The highest BCUT2D eigenvalue weighted by molar-refractivity contribution is 6.08. The minimum atomic E-state index is -0.286. The summed E-state index contributed by atoms with van der Waals surface area (Å²) >= 11 is 0. The van der Waals surface area contributed by atoms with Crippen molar-refractivity contribution < 1.29 is 9.59 Å². The van der Waals surface area contributed by atoms with Crippen molar-refractivity contribution in [2.75, 3.05) is 5.32 Å². The number of aromatic nitrogens is 2. The van der Waals surface area contributed by atoms with E-state index in [1.807, 2.05) is 24.3 Å². The number of pyridine rings is 1. The third-order valence-corrected chi connectivity index (χ3v) is 4.95. The Bertz CT molecular complexity index is 959. The summed E-state index contributed by atoms with van der Waals surface area (Å²) in [5.41, 5.74) is 1.50. The van der Waals surface area contributed by atoms with Crippen LogP contribution in [0.4, 0.5) is 5.82 Å². The first-order chi connectivity index (χ1) is 13.2. The molecule has 6 heteroatoms. The molecular weight excluding hydrogens is 340 g/mol. The van der Waals surface area contributed by atoms with Crippen LogP contribution in [0, 0.1) is 0 Å². The molecule has 2 N–H and O–H groups in total. The molecule has 27 heavy (non-hydrogen) atoms. The second kappa shape index (κ2) is 7.61. The molecule has 0 bridgehead atoms. The van der Waals surface area contributed by atoms with Crippen molar-refractivity contribution in [2.24, 2.45) is 0 Å². The molecule has 1 aliphatic rings. The molecular formula is C21H22N4O2. The Kier molecular flexibility index (Phi) is 4.87. The van der Waals surface area contributed by atoms with E-state index in [9.17, 15) is 9.59 Å². The van der Waals surface area contributed by atoms with Gasteiger partial charge in [-0.2, -0.15) is 0 Å². The van der Waals surface area contributed by atoms with Gasteiger partial charge in [0.1, 0.15) is 5.65 Å². The molecule has 0 saturated heterocycles. The summed E-state index contributed by atoms with van der Waals surface area (Å²) in [6, 6.07) is 14.6. The number of imidazole rings is 1. The molecule has 0 radical (unpaired) electrons. The lowest BCUT2D eigenvalue weighted by molar-refractivity contribution is 0.0922. The number of amides is 2. The minimum absolute atomic E-state index is 0.179. The van der Waals surface area contributed by atoms with Crippen LogP contribution in [0.25, 0.3) is 5.65 Å². The molecule has 1 aliphatic carbocycles. The van der Waals surface area contributed by atoms with Crippen LogP contribution < -0.4 is 10.6 Å². The van der Waals surface area contributed by atoms with Gasteiger partial charge in [-0.1, -0.05) is 43.5 Å². The largest absolute Gasteiger partial charge is 0.348 e. The van der Waals surface area contributed by atoms with Crippen molar-refractivity contribution in [3.8, 4) is 0 Å². The van der Waals surface area contributed by atoms with Crippen LogP contribution in [0.15, 0.2) is 54.7 Å². The Balaban J connectivity index is 1.64. The minimum Gasteiger partial charge on any atom is -0.348 e. The number of nitrogens with one attached hydrogen (secondary N) is 2. The van der Waals surface area contributed by atoms with Crippen LogP contribution in [0.2, 0.25) is 0 Å². The number of hydrogen-bond donors (Lipinski definition) is 2. The molecule has 1 aromatic carbocycles. The van der Waals surface area contributed by atoms with E-state index in [0.717, 1.165) is 25.7 Å². The molecule has 6 nitrogen and oxygen atoms in total. The van der Waals surface area contributed by atoms with E-state index < -0.39 is 0 Å². The second-order valence-electron chi connectivity index (χ2n) is 6.87. The van der Waals surface area contributed by atoms with Crippen LogP contribution in [-0.2, 0) is 0 Å². The van der Waals surface area contributed by atoms with Gasteiger partial charge in [-0.25, -0.2) is 4.98 Å². The summed E-state index contributed by atoms with van der Waals surface area (Å²) in [7, 11) is 0. The molecule has 0 spiro atoms. The van der Waals surface area contributed by atoms with E-state index in [1.54, 1.807) is 34.9 Å². The van der Waals surface area contributed by atoms with Gasteiger partial charge in [0.25, 0.3) is 11.8 Å². The Morgan fingerprint density at radius 1 is 0.926 bits per heavy atom. The van der Waals surface area contributed by atoms with Crippen LogP contribution in [0.5, 0.6) is 0 Å². The molecule has 3 aromatic rings. The Labute approximate surface area is 157 Å². The van der Waals surface area contributed by atoms with Gasteiger partial charge in [0.15, 0.2) is 11.5 Å². The monoisotopic (exact) mass is 362 g/mol. The van der Waals surface area contributed by atoms with Crippen molar-refractivity contribution >= 4 is 23.3 Å². The van der Waals surface area contributed by atoms with E-state index >= 15 is 0 Å². The maximum atomic E-state index is 13.0. The summed E-state index contributed by atoms with van der Waals surface area (Å²) in [5.74, 6) is -0.210. The van der Waals surface area contributed by atoms with E-state index in [-0.39, 0.29) is 23.7 Å². The van der Waals surface area contributed by atoms with Gasteiger partial charge in [-0.05, 0) is 37.1 Å². The highest BCUT2D eigenvalue weighted by atomic mass is 16.2. The third-order valence-electron chi connectivity index (χ3n) is 4.95. The van der Waals surface area contributed by atoms with Crippen LogP contribution in [0.1, 0.15) is 53.0 Å². The van der Waals surface area contributed by atoms with Gasteiger partial charge in [0.2, 0.25) is 0 Å². The van der Waals surface area contributed by atoms with Crippen LogP contribution >= 0.6 is 0 Å². The summed E-state index contributed by atoms with van der Waals surface area (Å²) in [4.78, 5) is 30.0. The summed E-state index contributed by atoms with van der Waals surface area (Å²) in [6.07, 6.45) is 7.27. The fourth-order valence-electron chi connectivity index (χ4n) is 3.57. The molecule has 4 rings (SSSR count). The second-order valence-corrected chi connectivity index (χ2v) is 6.87. The zero-order valence-corrected chi connectivity index (χ0v) is 15.0. The average Bonchev–Trinajstić information content (AvgIpc) is 3.07. The normalized spacial score (nSPS) is 14.8. The molecule has 2 amide bonds. The molecule has 2 heterocycles. The van der Waals surface area contributed by atoms with E-state index in [4.69, 9.17) is 0 Å². The quantitative estimate of drug-likeness (QED) is 0.744. The number of fused-ring (bicyclic) bond motifs is 1. The number of rotatable bonds is 4. The maximum Gasteiger partial charge on any atom is 0.272 e. The molecule has 0 aliphatic heterocycles. The summed E-state index contributed by atoms with van der Waals surface area (Å²) < 4.78 is 1.72. The van der Waals surface area contributed by atoms with Gasteiger partial charge < -0.3 is 10.6 Å². The fraction of sp³-hybridized carbons (Fsp3) is 0.286. The Hall–Kier alpha value is -3.15. The molecule has 2 aromatic heterocycles. The zero-order valence-electron chi connectivity index (χ0n) is 15.0. The standard InChI is InChI=1S/C21H22N4O2/c26-20(15-9-3-1-4-10-15)24-19-18(25-14-8-7-13-17(25)23-19)21(27)22-16-11-5-2-6-12-16/h1,3-4,7-10,13-14,16H,2,5-6,11-12H2,(H,22,27)(H,24,26). The lowest BCUT2D eigenvalue weighted by atomic mass is 9.95. The van der Waals surface area contributed by atoms with Crippen molar-refractivity contribution in [3.05, 3.63) is 66.0 Å². The van der Waals surface area contributed by atoms with E-state index in [1.165, 1.54) is 6.42 Å². The van der Waals surface area contributed by atoms with E-state index in [2.05, 4.69) is 15.6 Å². The van der Waals surface area contributed by atoms with Crippen molar-refractivity contribution in [3.63, 3.8) is 0 Å². The molecule has 1 saturated carbocycles. The number of carbonyl (C=O) groups excluding carboxylic acids is 2.